The van der Waals surface area contributed by atoms with E-state index in [4.69, 9.17) is 9.16 Å². The zero-order valence-electron chi connectivity index (χ0n) is 19.0. The molecule has 0 amide bonds. The molecule has 3 rings (SSSR count). The number of aliphatic hydroxyl groups excluding tert-OH is 2. The molecule has 0 aliphatic carbocycles. The van der Waals surface area contributed by atoms with Crippen LogP contribution >= 0.6 is 0 Å². The summed E-state index contributed by atoms with van der Waals surface area (Å²) in [5.74, 6) is 6.51. The number of hydrogen-bond acceptors (Lipinski definition) is 6. The highest BCUT2D eigenvalue weighted by atomic mass is 28.4. The summed E-state index contributed by atoms with van der Waals surface area (Å²) in [7, 11) is -1.94. The van der Waals surface area contributed by atoms with Gasteiger partial charge in [-0.25, -0.2) is 4.79 Å². The fourth-order valence-corrected chi connectivity index (χ4v) is 4.06. The minimum absolute atomic E-state index is 0.0892. The van der Waals surface area contributed by atoms with Crippen LogP contribution in [0.5, 0.6) is 5.75 Å². The molecule has 172 valence electrons. The molecule has 2 aromatic rings. The Labute approximate surface area is 188 Å². The van der Waals surface area contributed by atoms with Crippen molar-refractivity contribution in [1.29, 1.82) is 0 Å². The first kappa shape index (κ1) is 24.0. The summed E-state index contributed by atoms with van der Waals surface area (Å²) in [6.07, 6.45) is -1.02. The second-order valence-corrected chi connectivity index (χ2v) is 14.2. The van der Waals surface area contributed by atoms with Crippen molar-refractivity contribution in [1.82, 2.24) is 9.55 Å². The lowest BCUT2D eigenvalue weighted by Gasteiger charge is -2.36. The summed E-state index contributed by atoms with van der Waals surface area (Å²) in [5.41, 5.74) is -0.480. The Balaban J connectivity index is 1.81. The number of hydrogen-bond donors (Lipinski definition) is 3. The molecule has 0 saturated carbocycles. The van der Waals surface area contributed by atoms with Crippen LogP contribution in [-0.4, -0.2) is 46.9 Å². The second kappa shape index (κ2) is 9.08. The van der Waals surface area contributed by atoms with E-state index in [1.807, 2.05) is 24.3 Å². The molecule has 9 heteroatoms. The highest BCUT2D eigenvalue weighted by molar-refractivity contribution is 6.74. The highest BCUT2D eigenvalue weighted by Crippen LogP contribution is 2.37. The molecular formula is C23H30N2O6Si. The van der Waals surface area contributed by atoms with Gasteiger partial charge >= 0.3 is 5.69 Å². The Morgan fingerprint density at radius 3 is 2.44 bits per heavy atom. The van der Waals surface area contributed by atoms with Gasteiger partial charge in [0.2, 0.25) is 8.32 Å². The number of aliphatic hydroxyl groups is 2. The third kappa shape index (κ3) is 5.22. The molecule has 3 N–H and O–H groups in total. The van der Waals surface area contributed by atoms with Gasteiger partial charge in [-0.15, -0.1) is 0 Å². The fourth-order valence-electron chi connectivity index (χ4n) is 3.03. The van der Waals surface area contributed by atoms with Crippen molar-refractivity contribution in [2.24, 2.45) is 0 Å². The van der Waals surface area contributed by atoms with Crippen LogP contribution in [0.15, 0.2) is 40.1 Å². The molecule has 1 aromatic heterocycles. The first-order chi connectivity index (χ1) is 14.9. The van der Waals surface area contributed by atoms with Gasteiger partial charge in [0, 0.05) is 18.2 Å². The van der Waals surface area contributed by atoms with E-state index in [-0.39, 0.29) is 23.6 Å². The van der Waals surface area contributed by atoms with Gasteiger partial charge in [0.1, 0.15) is 23.6 Å². The maximum absolute atomic E-state index is 12.2. The summed E-state index contributed by atoms with van der Waals surface area (Å²) in [6, 6.07) is 7.36. The Morgan fingerprint density at radius 1 is 1.22 bits per heavy atom. The molecule has 1 aliphatic heterocycles. The Bertz CT molecular complexity index is 1130. The van der Waals surface area contributed by atoms with Crippen LogP contribution in [0, 0.1) is 11.8 Å². The van der Waals surface area contributed by atoms with Gasteiger partial charge in [0.05, 0.1) is 12.7 Å². The molecule has 8 nitrogen and oxygen atoms in total. The molecule has 2 heterocycles. The zero-order valence-corrected chi connectivity index (χ0v) is 20.0. The summed E-state index contributed by atoms with van der Waals surface area (Å²) >= 11 is 0. The molecule has 0 radical (unpaired) electrons. The summed E-state index contributed by atoms with van der Waals surface area (Å²) in [5, 5.41) is 19.2. The van der Waals surface area contributed by atoms with E-state index >= 15 is 0 Å². The largest absolute Gasteiger partial charge is 0.544 e. The fraction of sp³-hybridized carbons (Fsp3) is 0.478. The third-order valence-corrected chi connectivity index (χ3v) is 10.4. The molecule has 1 saturated heterocycles. The average Bonchev–Trinajstić information content (AvgIpc) is 3.07. The van der Waals surface area contributed by atoms with Gasteiger partial charge in [-0.05, 0) is 42.4 Å². The van der Waals surface area contributed by atoms with Crippen LogP contribution in [0.2, 0.25) is 18.1 Å². The number of benzene rings is 1. The predicted octanol–water partition coefficient (Wildman–Crippen LogP) is 1.96. The third-order valence-electron chi connectivity index (χ3n) is 6.04. The van der Waals surface area contributed by atoms with Crippen molar-refractivity contribution in [3.05, 3.63) is 62.4 Å². The molecule has 32 heavy (non-hydrogen) atoms. The molecule has 0 unspecified atom stereocenters. The molecule has 1 fully saturated rings. The Hall–Kier alpha value is -2.64. The standard InChI is InChI=1S/C23H30N2O6Si/c1-23(2,3)32(4,5)31-17-10-7-15(8-11-17)6-9-16-13-25(22(29)24-21(16)28)20-12-18(27)19(14-26)30-20/h7-8,10-11,13,18-20,26-27H,12,14H2,1-5H3,(H,24,28,29)/t18-,19+,20+/m0/s1. The normalized spacial score (nSPS) is 21.2. The van der Waals surface area contributed by atoms with Crippen molar-refractivity contribution in [3.63, 3.8) is 0 Å². The monoisotopic (exact) mass is 458 g/mol. The first-order valence-electron chi connectivity index (χ1n) is 10.5. The highest BCUT2D eigenvalue weighted by Gasteiger charge is 2.39. The van der Waals surface area contributed by atoms with Crippen molar-refractivity contribution in [2.45, 2.75) is 63.8 Å². The van der Waals surface area contributed by atoms with Crippen molar-refractivity contribution < 1.29 is 19.4 Å². The Morgan fingerprint density at radius 2 is 1.88 bits per heavy atom. The van der Waals surface area contributed by atoms with Gasteiger partial charge < -0.3 is 19.4 Å². The molecule has 1 aromatic carbocycles. The van der Waals surface area contributed by atoms with E-state index in [9.17, 15) is 19.8 Å². The number of ether oxygens (including phenoxy) is 1. The maximum atomic E-state index is 12.2. The summed E-state index contributed by atoms with van der Waals surface area (Å²) in [4.78, 5) is 26.6. The van der Waals surface area contributed by atoms with E-state index in [0.29, 0.717) is 5.56 Å². The lowest BCUT2D eigenvalue weighted by Crippen LogP contribution is -2.43. The van der Waals surface area contributed by atoms with Gasteiger partial charge in [-0.2, -0.15) is 0 Å². The van der Waals surface area contributed by atoms with Crippen molar-refractivity contribution >= 4 is 8.32 Å². The molecule has 3 atom stereocenters. The van der Waals surface area contributed by atoms with Gasteiger partial charge in [-0.1, -0.05) is 32.6 Å². The van der Waals surface area contributed by atoms with E-state index in [1.165, 1.54) is 10.8 Å². The van der Waals surface area contributed by atoms with Crippen molar-refractivity contribution in [2.75, 3.05) is 6.61 Å². The number of nitrogens with one attached hydrogen (secondary N) is 1. The minimum Gasteiger partial charge on any atom is -0.544 e. The zero-order chi connectivity index (χ0) is 23.7. The van der Waals surface area contributed by atoms with Crippen LogP contribution in [-0.2, 0) is 4.74 Å². The molecule has 1 aliphatic rings. The van der Waals surface area contributed by atoms with E-state index in [1.54, 1.807) is 0 Å². The minimum atomic E-state index is -1.94. The van der Waals surface area contributed by atoms with Gasteiger partial charge in [0.15, 0.2) is 0 Å². The second-order valence-electron chi connectivity index (χ2n) is 9.46. The predicted molar refractivity (Wildman–Crippen MR) is 123 cm³/mol. The molecule has 0 bridgehead atoms. The molecular weight excluding hydrogens is 428 g/mol. The first-order valence-corrected chi connectivity index (χ1v) is 13.4. The average molecular weight is 459 g/mol. The SMILES string of the molecule is CC(C)(C)[Si](C)(C)Oc1ccc(C#Cc2cn([C@H]3C[C@H](O)[C@@H](CO)O3)c(=O)[nH]c2=O)cc1. The molecule has 0 spiro atoms. The van der Waals surface area contributed by atoms with E-state index in [2.05, 4.69) is 50.7 Å². The maximum Gasteiger partial charge on any atom is 0.330 e. The van der Waals surface area contributed by atoms with Gasteiger partial charge in [-0.3, -0.25) is 14.3 Å². The summed E-state index contributed by atoms with van der Waals surface area (Å²) in [6.45, 7) is 10.5. The number of rotatable bonds is 4. The van der Waals surface area contributed by atoms with Crippen LogP contribution in [0.1, 0.15) is 44.5 Å². The summed E-state index contributed by atoms with van der Waals surface area (Å²) < 4.78 is 12.9. The van der Waals surface area contributed by atoms with Crippen LogP contribution in [0.4, 0.5) is 0 Å². The van der Waals surface area contributed by atoms with Gasteiger partial charge in [0.25, 0.3) is 5.56 Å². The van der Waals surface area contributed by atoms with Crippen LogP contribution in [0.25, 0.3) is 0 Å². The number of nitrogens with zero attached hydrogens (tertiary/aromatic N) is 1. The van der Waals surface area contributed by atoms with Crippen LogP contribution in [0.3, 0.4) is 0 Å². The lowest BCUT2D eigenvalue weighted by molar-refractivity contribution is -0.0459. The smallest absolute Gasteiger partial charge is 0.330 e. The number of aromatic nitrogens is 2. The lowest BCUT2D eigenvalue weighted by atomic mass is 10.2. The van der Waals surface area contributed by atoms with Crippen LogP contribution < -0.4 is 15.7 Å². The van der Waals surface area contributed by atoms with E-state index < -0.39 is 38.0 Å². The topological polar surface area (TPSA) is 114 Å². The number of H-pyrrole nitrogens is 1. The van der Waals surface area contributed by atoms with E-state index in [0.717, 1.165) is 5.75 Å². The quantitative estimate of drug-likeness (QED) is 0.477. The Kier molecular flexibility index (Phi) is 6.81. The number of aromatic amines is 1. The van der Waals surface area contributed by atoms with Crippen molar-refractivity contribution in [3.8, 4) is 17.6 Å².